The Morgan fingerprint density at radius 3 is 2.42 bits per heavy atom. The van der Waals surface area contributed by atoms with Crippen LogP contribution in [0, 0.1) is 0 Å². The Morgan fingerprint density at radius 1 is 1.05 bits per heavy atom. The average Bonchev–Trinajstić information content (AvgIpc) is 2.74. The molecule has 0 saturated carbocycles. The Kier molecular flexibility index (Phi) is 2.75. The van der Waals surface area contributed by atoms with Gasteiger partial charge in [-0.2, -0.15) is 0 Å². The minimum Gasteiger partial charge on any atom is -0.497 e. The van der Waals surface area contributed by atoms with Crippen molar-refractivity contribution in [3.63, 3.8) is 0 Å². The number of fused-ring (bicyclic) bond motifs is 1. The van der Waals surface area contributed by atoms with Crippen molar-refractivity contribution >= 4 is 11.6 Å². The summed E-state index contributed by atoms with van der Waals surface area (Å²) in [5.74, 6) is 0.838. The lowest BCUT2D eigenvalue weighted by Crippen LogP contribution is -2.08. The molecule has 0 bridgehead atoms. The van der Waals surface area contributed by atoms with E-state index in [1.54, 1.807) is 7.11 Å². The zero-order valence-corrected chi connectivity index (χ0v) is 10.9. The highest BCUT2D eigenvalue weighted by atomic mass is 16.5. The van der Waals surface area contributed by atoms with E-state index >= 15 is 0 Å². The molecule has 3 rings (SSSR count). The Bertz CT molecular complexity index is 632. The zero-order chi connectivity index (χ0) is 13.4. The summed E-state index contributed by atoms with van der Waals surface area (Å²) in [7, 11) is 1.66. The fourth-order valence-corrected chi connectivity index (χ4v) is 2.38. The number of amides is 1. The molecule has 19 heavy (non-hydrogen) atoms. The quantitative estimate of drug-likeness (QED) is 0.890. The second kappa shape index (κ2) is 4.43. The summed E-state index contributed by atoms with van der Waals surface area (Å²) in [5.41, 5.74) is 4.23. The van der Waals surface area contributed by atoms with Gasteiger partial charge in [0.15, 0.2) is 0 Å². The molecule has 1 N–H and O–H groups in total. The van der Waals surface area contributed by atoms with Crippen LogP contribution in [0.2, 0.25) is 0 Å². The molecule has 1 aliphatic rings. The van der Waals surface area contributed by atoms with Gasteiger partial charge in [0, 0.05) is 5.69 Å². The summed E-state index contributed by atoms with van der Waals surface area (Å²) >= 11 is 0. The third-order valence-corrected chi connectivity index (χ3v) is 3.59. The summed E-state index contributed by atoms with van der Waals surface area (Å²) < 4.78 is 5.16. The summed E-state index contributed by atoms with van der Waals surface area (Å²) in [6, 6.07) is 14.0. The molecule has 0 aliphatic carbocycles. The van der Waals surface area contributed by atoms with Gasteiger partial charge >= 0.3 is 0 Å². The van der Waals surface area contributed by atoms with E-state index in [0.717, 1.165) is 28.1 Å². The predicted octanol–water partition coefficient (Wildman–Crippen LogP) is 3.42. The van der Waals surface area contributed by atoms with Crippen molar-refractivity contribution in [3.8, 4) is 16.9 Å². The van der Waals surface area contributed by atoms with E-state index in [2.05, 4.69) is 11.4 Å². The van der Waals surface area contributed by atoms with Gasteiger partial charge in [-0.1, -0.05) is 18.2 Å². The van der Waals surface area contributed by atoms with Gasteiger partial charge < -0.3 is 10.1 Å². The number of hydrogen-bond acceptors (Lipinski definition) is 2. The van der Waals surface area contributed by atoms with E-state index in [-0.39, 0.29) is 11.8 Å². The van der Waals surface area contributed by atoms with Crippen molar-refractivity contribution < 1.29 is 9.53 Å². The highest BCUT2D eigenvalue weighted by Gasteiger charge is 2.26. The van der Waals surface area contributed by atoms with Gasteiger partial charge in [-0.05, 0) is 47.9 Å². The van der Waals surface area contributed by atoms with Crippen LogP contribution in [0.25, 0.3) is 11.1 Å². The molecule has 96 valence electrons. The molecule has 0 aromatic heterocycles. The van der Waals surface area contributed by atoms with Crippen LogP contribution < -0.4 is 10.1 Å². The van der Waals surface area contributed by atoms with Gasteiger partial charge in [0.1, 0.15) is 5.75 Å². The number of ether oxygens (including phenoxy) is 1. The molecule has 1 heterocycles. The molecule has 2 aromatic rings. The van der Waals surface area contributed by atoms with Crippen LogP contribution >= 0.6 is 0 Å². The standard InChI is InChI=1S/C16H15NO2/c1-10-14-9-12(5-8-15(14)17-16(10)18)11-3-6-13(19-2)7-4-11/h3-10H,1-2H3,(H,17,18). The van der Waals surface area contributed by atoms with Gasteiger partial charge in [0.2, 0.25) is 5.91 Å². The number of hydrogen-bond donors (Lipinski definition) is 1. The van der Waals surface area contributed by atoms with Crippen LogP contribution in [0.5, 0.6) is 5.75 Å². The first kappa shape index (κ1) is 11.8. The molecular weight excluding hydrogens is 238 g/mol. The van der Waals surface area contributed by atoms with E-state index in [9.17, 15) is 4.79 Å². The maximum absolute atomic E-state index is 11.6. The maximum atomic E-state index is 11.6. The van der Waals surface area contributed by atoms with Gasteiger partial charge in [0.25, 0.3) is 0 Å². The van der Waals surface area contributed by atoms with Crippen LogP contribution in [-0.2, 0) is 4.79 Å². The fraction of sp³-hybridized carbons (Fsp3) is 0.188. The summed E-state index contributed by atoms with van der Waals surface area (Å²) in [6.07, 6.45) is 0. The fourth-order valence-electron chi connectivity index (χ4n) is 2.38. The van der Waals surface area contributed by atoms with Crippen LogP contribution in [0.4, 0.5) is 5.69 Å². The Balaban J connectivity index is 2.00. The Morgan fingerprint density at radius 2 is 1.74 bits per heavy atom. The van der Waals surface area contributed by atoms with Crippen molar-refractivity contribution in [2.75, 3.05) is 12.4 Å². The third-order valence-electron chi connectivity index (χ3n) is 3.59. The number of methoxy groups -OCH3 is 1. The second-order valence-corrected chi connectivity index (χ2v) is 4.74. The van der Waals surface area contributed by atoms with Crippen LogP contribution in [0.15, 0.2) is 42.5 Å². The molecule has 2 aromatic carbocycles. The number of anilines is 1. The largest absolute Gasteiger partial charge is 0.497 e. The summed E-state index contributed by atoms with van der Waals surface area (Å²) in [4.78, 5) is 11.6. The van der Waals surface area contributed by atoms with E-state index in [1.807, 2.05) is 43.3 Å². The van der Waals surface area contributed by atoms with Gasteiger partial charge in [-0.25, -0.2) is 0 Å². The highest BCUT2D eigenvalue weighted by molar-refractivity contribution is 6.03. The SMILES string of the molecule is COc1ccc(-c2ccc3c(c2)C(C)C(=O)N3)cc1. The number of carbonyl (C=O) groups is 1. The lowest BCUT2D eigenvalue weighted by molar-refractivity contribution is -0.116. The molecule has 1 amide bonds. The lowest BCUT2D eigenvalue weighted by atomic mass is 9.97. The number of nitrogens with one attached hydrogen (secondary N) is 1. The van der Waals surface area contributed by atoms with E-state index in [4.69, 9.17) is 4.74 Å². The van der Waals surface area contributed by atoms with Gasteiger partial charge in [-0.15, -0.1) is 0 Å². The van der Waals surface area contributed by atoms with Crippen molar-refractivity contribution in [1.82, 2.24) is 0 Å². The molecule has 1 unspecified atom stereocenters. The molecule has 1 aliphatic heterocycles. The van der Waals surface area contributed by atoms with Crippen molar-refractivity contribution in [2.24, 2.45) is 0 Å². The van der Waals surface area contributed by atoms with E-state index in [0.29, 0.717) is 0 Å². The number of benzene rings is 2. The minimum absolute atomic E-state index is 0.0712. The molecular formula is C16H15NO2. The first-order chi connectivity index (χ1) is 9.19. The summed E-state index contributed by atoms with van der Waals surface area (Å²) in [5, 5.41) is 2.89. The molecule has 0 spiro atoms. The number of carbonyl (C=O) groups excluding carboxylic acids is 1. The Labute approximate surface area is 112 Å². The van der Waals surface area contributed by atoms with E-state index < -0.39 is 0 Å². The van der Waals surface area contributed by atoms with Crippen LogP contribution in [0.1, 0.15) is 18.4 Å². The Hall–Kier alpha value is -2.29. The normalized spacial score (nSPS) is 16.9. The minimum atomic E-state index is -0.0757. The molecule has 0 radical (unpaired) electrons. The summed E-state index contributed by atoms with van der Waals surface area (Å²) in [6.45, 7) is 1.93. The first-order valence-corrected chi connectivity index (χ1v) is 6.28. The third kappa shape index (κ3) is 1.97. The second-order valence-electron chi connectivity index (χ2n) is 4.74. The van der Waals surface area contributed by atoms with Gasteiger partial charge in [0.05, 0.1) is 13.0 Å². The average molecular weight is 253 g/mol. The smallest absolute Gasteiger partial charge is 0.231 e. The molecule has 3 nitrogen and oxygen atoms in total. The van der Waals surface area contributed by atoms with Crippen LogP contribution in [-0.4, -0.2) is 13.0 Å². The zero-order valence-electron chi connectivity index (χ0n) is 10.9. The van der Waals surface area contributed by atoms with Crippen LogP contribution in [0.3, 0.4) is 0 Å². The maximum Gasteiger partial charge on any atom is 0.231 e. The molecule has 3 heteroatoms. The highest BCUT2D eigenvalue weighted by Crippen LogP contribution is 2.35. The van der Waals surface area contributed by atoms with Crippen molar-refractivity contribution in [1.29, 1.82) is 0 Å². The molecule has 0 fully saturated rings. The molecule has 1 atom stereocenters. The monoisotopic (exact) mass is 253 g/mol. The van der Waals surface area contributed by atoms with E-state index in [1.165, 1.54) is 0 Å². The van der Waals surface area contributed by atoms with Crippen molar-refractivity contribution in [2.45, 2.75) is 12.8 Å². The lowest BCUT2D eigenvalue weighted by Gasteiger charge is -2.07. The molecule has 0 saturated heterocycles. The topological polar surface area (TPSA) is 38.3 Å². The van der Waals surface area contributed by atoms with Crippen molar-refractivity contribution in [3.05, 3.63) is 48.0 Å². The van der Waals surface area contributed by atoms with Gasteiger partial charge in [-0.3, -0.25) is 4.79 Å². The predicted molar refractivity (Wildman–Crippen MR) is 75.5 cm³/mol. The number of rotatable bonds is 2. The first-order valence-electron chi connectivity index (χ1n) is 6.28.